The maximum Gasteiger partial charge on any atom is 0.274 e. The first-order chi connectivity index (χ1) is 7.20. The summed E-state index contributed by atoms with van der Waals surface area (Å²) in [7, 11) is 1.74. The van der Waals surface area contributed by atoms with Crippen LogP contribution in [0.15, 0.2) is 6.20 Å². The van der Waals surface area contributed by atoms with Crippen molar-refractivity contribution >= 4 is 23.4 Å². The highest BCUT2D eigenvalue weighted by molar-refractivity contribution is 7.99. The number of carbonyl (C=O) groups is 1. The van der Waals surface area contributed by atoms with E-state index in [4.69, 9.17) is 5.73 Å². The van der Waals surface area contributed by atoms with Gasteiger partial charge in [0.05, 0.1) is 11.9 Å². The summed E-state index contributed by atoms with van der Waals surface area (Å²) in [6.45, 7) is 1.60. The molecule has 0 unspecified atom stereocenters. The molecule has 0 atom stereocenters. The van der Waals surface area contributed by atoms with Crippen LogP contribution in [-0.4, -0.2) is 45.2 Å². The summed E-state index contributed by atoms with van der Waals surface area (Å²) < 4.78 is 1.54. The number of thioether (sulfide) groups is 1. The Labute approximate surface area is 92.6 Å². The molecule has 1 aliphatic rings. The van der Waals surface area contributed by atoms with Crippen LogP contribution in [0.1, 0.15) is 10.5 Å². The lowest BCUT2D eigenvalue weighted by molar-refractivity contribution is 0.0762. The first kappa shape index (κ1) is 10.4. The van der Waals surface area contributed by atoms with Gasteiger partial charge in [-0.3, -0.25) is 9.48 Å². The fraction of sp³-hybridized carbons (Fsp3) is 0.556. The van der Waals surface area contributed by atoms with Crippen molar-refractivity contribution in [1.82, 2.24) is 14.7 Å². The van der Waals surface area contributed by atoms with Crippen LogP contribution in [0.3, 0.4) is 0 Å². The van der Waals surface area contributed by atoms with Gasteiger partial charge in [0.1, 0.15) is 5.69 Å². The molecule has 0 aliphatic carbocycles. The van der Waals surface area contributed by atoms with E-state index >= 15 is 0 Å². The second-order valence-corrected chi connectivity index (χ2v) is 4.70. The summed E-state index contributed by atoms with van der Waals surface area (Å²) >= 11 is 1.87. The van der Waals surface area contributed by atoms with Gasteiger partial charge < -0.3 is 10.6 Å². The van der Waals surface area contributed by atoms with Crippen LogP contribution in [0.4, 0.5) is 5.69 Å². The lowest BCUT2D eigenvalue weighted by Gasteiger charge is -2.26. The van der Waals surface area contributed by atoms with Crippen LogP contribution in [0.2, 0.25) is 0 Å². The molecule has 1 amide bonds. The van der Waals surface area contributed by atoms with Crippen molar-refractivity contribution in [2.45, 2.75) is 0 Å². The zero-order valence-electron chi connectivity index (χ0n) is 8.64. The van der Waals surface area contributed by atoms with Gasteiger partial charge in [0.2, 0.25) is 0 Å². The lowest BCUT2D eigenvalue weighted by Crippen LogP contribution is -2.39. The van der Waals surface area contributed by atoms with Crippen LogP contribution in [0.25, 0.3) is 0 Å². The molecule has 2 N–H and O–H groups in total. The van der Waals surface area contributed by atoms with Gasteiger partial charge in [-0.2, -0.15) is 16.9 Å². The Hall–Kier alpha value is -1.17. The maximum atomic E-state index is 12.1. The normalized spacial score (nSPS) is 16.7. The van der Waals surface area contributed by atoms with Gasteiger partial charge in [-0.15, -0.1) is 0 Å². The Kier molecular flexibility index (Phi) is 2.86. The molecule has 0 bridgehead atoms. The summed E-state index contributed by atoms with van der Waals surface area (Å²) in [4.78, 5) is 13.9. The highest BCUT2D eigenvalue weighted by Gasteiger charge is 2.23. The van der Waals surface area contributed by atoms with Crippen LogP contribution >= 0.6 is 11.8 Å². The van der Waals surface area contributed by atoms with E-state index in [0.717, 1.165) is 24.6 Å². The van der Waals surface area contributed by atoms with Gasteiger partial charge in [-0.25, -0.2) is 0 Å². The third-order valence-electron chi connectivity index (χ3n) is 2.47. The van der Waals surface area contributed by atoms with Crippen LogP contribution in [0.5, 0.6) is 0 Å². The number of aromatic nitrogens is 2. The highest BCUT2D eigenvalue weighted by atomic mass is 32.2. The molecule has 2 heterocycles. The van der Waals surface area contributed by atoms with Crippen molar-refractivity contribution in [1.29, 1.82) is 0 Å². The summed E-state index contributed by atoms with van der Waals surface area (Å²) in [6.07, 6.45) is 1.52. The Morgan fingerprint density at radius 2 is 2.20 bits per heavy atom. The van der Waals surface area contributed by atoms with Gasteiger partial charge in [0.15, 0.2) is 0 Å². The van der Waals surface area contributed by atoms with Crippen molar-refractivity contribution in [3.05, 3.63) is 11.9 Å². The molecule has 0 aromatic carbocycles. The van der Waals surface area contributed by atoms with Crippen molar-refractivity contribution in [2.75, 3.05) is 30.3 Å². The number of hydrogen-bond donors (Lipinski definition) is 1. The molecular weight excluding hydrogens is 212 g/mol. The summed E-state index contributed by atoms with van der Waals surface area (Å²) in [5.74, 6) is 2.00. The van der Waals surface area contributed by atoms with Crippen molar-refractivity contribution < 1.29 is 4.79 Å². The average Bonchev–Trinajstić information content (AvgIpc) is 2.59. The molecule has 1 fully saturated rings. The number of hydrogen-bond acceptors (Lipinski definition) is 4. The monoisotopic (exact) mass is 226 g/mol. The summed E-state index contributed by atoms with van der Waals surface area (Å²) in [5, 5.41) is 3.97. The lowest BCUT2D eigenvalue weighted by atomic mass is 10.3. The van der Waals surface area contributed by atoms with Crippen LogP contribution < -0.4 is 5.73 Å². The van der Waals surface area contributed by atoms with Crippen molar-refractivity contribution in [3.8, 4) is 0 Å². The second kappa shape index (κ2) is 4.14. The second-order valence-electron chi connectivity index (χ2n) is 3.48. The molecule has 1 aliphatic heterocycles. The Morgan fingerprint density at radius 1 is 1.53 bits per heavy atom. The molecule has 0 spiro atoms. The molecule has 1 saturated heterocycles. The number of rotatable bonds is 1. The third-order valence-corrected chi connectivity index (χ3v) is 3.41. The Bertz CT molecular complexity index is 351. The first-order valence-corrected chi connectivity index (χ1v) is 6.00. The highest BCUT2D eigenvalue weighted by Crippen LogP contribution is 2.16. The van der Waals surface area contributed by atoms with E-state index < -0.39 is 0 Å². The van der Waals surface area contributed by atoms with E-state index in [1.165, 1.54) is 6.20 Å². The fourth-order valence-corrected chi connectivity index (χ4v) is 2.54. The largest absolute Gasteiger partial charge is 0.396 e. The molecule has 15 heavy (non-hydrogen) atoms. The van der Waals surface area contributed by atoms with E-state index in [1.54, 1.807) is 11.7 Å². The Balaban J connectivity index is 2.19. The van der Waals surface area contributed by atoms with Gasteiger partial charge in [-0.05, 0) is 0 Å². The predicted molar refractivity (Wildman–Crippen MR) is 60.8 cm³/mol. The summed E-state index contributed by atoms with van der Waals surface area (Å²) in [6, 6.07) is 0. The van der Waals surface area contributed by atoms with Gasteiger partial charge in [0.25, 0.3) is 5.91 Å². The molecule has 6 heteroatoms. The molecule has 2 rings (SSSR count). The number of nitrogens with zero attached hydrogens (tertiary/aromatic N) is 3. The number of amides is 1. The first-order valence-electron chi connectivity index (χ1n) is 4.84. The third kappa shape index (κ3) is 1.94. The van der Waals surface area contributed by atoms with Crippen molar-refractivity contribution in [3.63, 3.8) is 0 Å². The van der Waals surface area contributed by atoms with E-state index in [1.807, 2.05) is 16.7 Å². The predicted octanol–water partition coefficient (Wildman–Crippen LogP) is 0.191. The minimum atomic E-state index is -0.00667. The standard InChI is InChI=1S/C9H14N4OS/c1-12-8(7(10)6-11-12)9(14)13-2-4-15-5-3-13/h6H,2-5,10H2,1H3. The van der Waals surface area contributed by atoms with E-state index in [0.29, 0.717) is 11.4 Å². The van der Waals surface area contributed by atoms with Gasteiger partial charge >= 0.3 is 0 Å². The molecule has 0 radical (unpaired) electrons. The average molecular weight is 226 g/mol. The van der Waals surface area contributed by atoms with Crippen molar-refractivity contribution in [2.24, 2.45) is 7.05 Å². The zero-order chi connectivity index (χ0) is 10.8. The molecule has 1 aromatic heterocycles. The Morgan fingerprint density at radius 3 is 2.73 bits per heavy atom. The minimum Gasteiger partial charge on any atom is -0.396 e. The SMILES string of the molecule is Cn1ncc(N)c1C(=O)N1CCSCC1. The van der Waals surface area contributed by atoms with Gasteiger partial charge in [0, 0.05) is 31.6 Å². The topological polar surface area (TPSA) is 64.2 Å². The van der Waals surface area contributed by atoms with Crippen LogP contribution in [0, 0.1) is 0 Å². The molecule has 82 valence electrons. The molecular formula is C9H14N4OS. The zero-order valence-corrected chi connectivity index (χ0v) is 9.46. The van der Waals surface area contributed by atoms with E-state index in [2.05, 4.69) is 5.10 Å². The van der Waals surface area contributed by atoms with E-state index in [9.17, 15) is 4.79 Å². The molecule has 5 nitrogen and oxygen atoms in total. The number of anilines is 1. The summed E-state index contributed by atoms with van der Waals surface area (Å²) in [5.41, 5.74) is 6.67. The van der Waals surface area contributed by atoms with Crippen LogP contribution in [-0.2, 0) is 7.05 Å². The fourth-order valence-electron chi connectivity index (χ4n) is 1.63. The minimum absolute atomic E-state index is 0.00667. The molecule has 0 saturated carbocycles. The quantitative estimate of drug-likeness (QED) is 0.742. The number of carbonyl (C=O) groups excluding carboxylic acids is 1. The van der Waals surface area contributed by atoms with Gasteiger partial charge in [-0.1, -0.05) is 0 Å². The number of aryl methyl sites for hydroxylation is 1. The number of nitrogens with two attached hydrogens (primary N) is 1. The molecule has 1 aromatic rings. The van der Waals surface area contributed by atoms with E-state index in [-0.39, 0.29) is 5.91 Å². The smallest absolute Gasteiger partial charge is 0.274 e. The number of nitrogen functional groups attached to an aromatic ring is 1. The maximum absolute atomic E-state index is 12.1.